The molecule has 0 saturated carbocycles. The first-order valence-corrected chi connectivity index (χ1v) is 13.1. The zero-order valence-corrected chi connectivity index (χ0v) is 20.2. The summed E-state index contributed by atoms with van der Waals surface area (Å²) in [5.74, 6) is -1.06. The van der Waals surface area contributed by atoms with Gasteiger partial charge in [0.05, 0.1) is 13.2 Å². The molecule has 6 heteroatoms. The van der Waals surface area contributed by atoms with E-state index < -0.39 is 19.6 Å². The molecular weight excluding hydrogens is 436 g/mol. The number of nitrogens with zero attached hydrogens (tertiary/aromatic N) is 1. The van der Waals surface area contributed by atoms with Crippen molar-refractivity contribution in [3.63, 3.8) is 0 Å². The molecule has 0 aliphatic rings. The zero-order chi connectivity index (χ0) is 23.5. The molecule has 3 aromatic rings. The van der Waals surface area contributed by atoms with E-state index in [-0.39, 0.29) is 19.6 Å². The predicted molar refractivity (Wildman–Crippen MR) is 132 cm³/mol. The summed E-state index contributed by atoms with van der Waals surface area (Å²) in [7, 11) is -3.80. The summed E-state index contributed by atoms with van der Waals surface area (Å²) < 4.78 is 41.6. The first-order valence-electron chi connectivity index (χ1n) is 11.4. The first kappa shape index (κ1) is 25.3. The zero-order valence-electron chi connectivity index (χ0n) is 19.3. The van der Waals surface area contributed by atoms with Gasteiger partial charge in [-0.25, -0.2) is 4.39 Å². The first-order chi connectivity index (χ1) is 16.1. The van der Waals surface area contributed by atoms with Crippen molar-refractivity contribution in [3.05, 3.63) is 108 Å². The van der Waals surface area contributed by atoms with Crippen molar-refractivity contribution >= 4 is 7.60 Å². The van der Waals surface area contributed by atoms with E-state index in [0.717, 1.165) is 16.7 Å². The van der Waals surface area contributed by atoms with Gasteiger partial charge in [-0.05, 0) is 30.5 Å². The third-order valence-corrected chi connectivity index (χ3v) is 7.90. The van der Waals surface area contributed by atoms with Crippen LogP contribution in [-0.2, 0) is 33.1 Å². The molecule has 0 amide bonds. The van der Waals surface area contributed by atoms with Crippen LogP contribution in [0.1, 0.15) is 30.5 Å². The highest BCUT2D eigenvalue weighted by Gasteiger charge is 2.45. The molecule has 0 spiro atoms. The van der Waals surface area contributed by atoms with Crippen LogP contribution in [0.15, 0.2) is 91.0 Å². The average molecular weight is 470 g/mol. The summed E-state index contributed by atoms with van der Waals surface area (Å²) in [6.07, 6.45) is -1.33. The molecular formula is C27H33FNO3P. The fourth-order valence-electron chi connectivity index (χ4n) is 4.00. The Morgan fingerprint density at radius 1 is 0.727 bits per heavy atom. The van der Waals surface area contributed by atoms with E-state index in [9.17, 15) is 4.57 Å². The molecule has 0 aliphatic carbocycles. The number of hydrogen-bond donors (Lipinski definition) is 0. The van der Waals surface area contributed by atoms with Crippen molar-refractivity contribution in [3.8, 4) is 0 Å². The van der Waals surface area contributed by atoms with Gasteiger partial charge in [0.1, 0.15) is 12.0 Å². The highest BCUT2D eigenvalue weighted by Crippen LogP contribution is 2.56. The van der Waals surface area contributed by atoms with E-state index in [0.29, 0.717) is 13.1 Å². The molecule has 0 N–H and O–H groups in total. The lowest BCUT2D eigenvalue weighted by atomic mass is 10.1. The van der Waals surface area contributed by atoms with Crippen LogP contribution < -0.4 is 0 Å². The molecule has 0 aromatic heterocycles. The van der Waals surface area contributed by atoms with Crippen LogP contribution in [0.3, 0.4) is 0 Å². The molecule has 0 bridgehead atoms. The largest absolute Gasteiger partial charge is 0.350 e. The number of alkyl halides is 1. The third kappa shape index (κ3) is 7.35. The van der Waals surface area contributed by atoms with Gasteiger partial charge in [0.2, 0.25) is 0 Å². The second-order valence-electron chi connectivity index (χ2n) is 7.87. The van der Waals surface area contributed by atoms with Crippen molar-refractivity contribution in [2.75, 3.05) is 13.2 Å². The molecule has 0 saturated heterocycles. The number of hydrogen-bond acceptors (Lipinski definition) is 4. The normalized spacial score (nSPS) is 13.7. The van der Waals surface area contributed by atoms with Crippen LogP contribution in [0.2, 0.25) is 0 Å². The van der Waals surface area contributed by atoms with E-state index in [2.05, 4.69) is 0 Å². The third-order valence-electron chi connectivity index (χ3n) is 5.37. The minimum atomic E-state index is -3.80. The number of rotatable bonds is 13. The van der Waals surface area contributed by atoms with E-state index in [1.165, 1.54) is 0 Å². The van der Waals surface area contributed by atoms with Crippen LogP contribution in [0.4, 0.5) is 4.39 Å². The van der Waals surface area contributed by atoms with Crippen LogP contribution >= 0.6 is 7.60 Å². The molecule has 3 rings (SSSR count). The molecule has 176 valence electrons. The van der Waals surface area contributed by atoms with Crippen molar-refractivity contribution in [2.24, 2.45) is 0 Å². The molecule has 4 nitrogen and oxygen atoms in total. The van der Waals surface area contributed by atoms with Crippen molar-refractivity contribution in [1.29, 1.82) is 0 Å². The van der Waals surface area contributed by atoms with Crippen LogP contribution in [-0.4, -0.2) is 30.1 Å². The van der Waals surface area contributed by atoms with Gasteiger partial charge in [0.15, 0.2) is 0 Å². The summed E-state index contributed by atoms with van der Waals surface area (Å²) in [4.78, 5) is 1.91. The van der Waals surface area contributed by atoms with Crippen molar-refractivity contribution < 1.29 is 18.0 Å². The monoisotopic (exact) mass is 469 g/mol. The smallest absolute Gasteiger partial charge is 0.308 e. The highest BCUT2D eigenvalue weighted by molar-refractivity contribution is 7.54. The Kier molecular flexibility index (Phi) is 9.83. The van der Waals surface area contributed by atoms with Gasteiger partial charge in [-0.3, -0.25) is 9.46 Å². The molecule has 1 unspecified atom stereocenters. The topological polar surface area (TPSA) is 38.8 Å². The number of benzene rings is 3. The van der Waals surface area contributed by atoms with E-state index in [1.807, 2.05) is 95.9 Å². The maximum absolute atomic E-state index is 16.2. The summed E-state index contributed by atoms with van der Waals surface area (Å²) in [5, 5.41) is 0. The summed E-state index contributed by atoms with van der Waals surface area (Å²) in [5.41, 5.74) is 2.85. The Morgan fingerprint density at radius 2 is 1.12 bits per heavy atom. The molecule has 0 fully saturated rings. The van der Waals surface area contributed by atoms with Gasteiger partial charge in [-0.2, -0.15) is 0 Å². The summed E-state index contributed by atoms with van der Waals surface area (Å²) >= 11 is 0. The van der Waals surface area contributed by atoms with Crippen LogP contribution in [0.5, 0.6) is 0 Å². The van der Waals surface area contributed by atoms with Gasteiger partial charge >= 0.3 is 7.60 Å². The molecule has 0 heterocycles. The Morgan fingerprint density at radius 3 is 1.52 bits per heavy atom. The van der Waals surface area contributed by atoms with E-state index in [1.54, 1.807) is 13.8 Å². The lowest BCUT2D eigenvalue weighted by Gasteiger charge is -2.37. The minimum Gasteiger partial charge on any atom is -0.308 e. The fourth-order valence-corrected chi connectivity index (χ4v) is 6.16. The van der Waals surface area contributed by atoms with Gasteiger partial charge in [-0.1, -0.05) is 91.0 Å². The fraction of sp³-hybridized carbons (Fsp3) is 0.333. The molecule has 0 aliphatic heterocycles. The standard InChI is InChI=1S/C27H33FNO3P/c1-3-31-33(30,32-4-2)27(26(28)20-23-14-8-5-9-15-23)29(21-24-16-10-6-11-17-24)22-25-18-12-7-13-19-25/h5-19,26-27H,3-4,20-22H2,1-2H3/t26?,27-/m0/s1. The maximum atomic E-state index is 16.2. The number of halogens is 1. The molecule has 3 aromatic carbocycles. The van der Waals surface area contributed by atoms with Gasteiger partial charge in [0, 0.05) is 19.5 Å². The second-order valence-corrected chi connectivity index (χ2v) is 10.00. The second kappa shape index (κ2) is 12.8. The van der Waals surface area contributed by atoms with E-state index >= 15 is 4.39 Å². The maximum Gasteiger partial charge on any atom is 0.350 e. The van der Waals surface area contributed by atoms with Crippen LogP contribution in [0, 0.1) is 0 Å². The van der Waals surface area contributed by atoms with Crippen LogP contribution in [0.25, 0.3) is 0 Å². The Hall–Kier alpha value is -2.30. The van der Waals surface area contributed by atoms with Crippen molar-refractivity contribution in [2.45, 2.75) is 45.3 Å². The van der Waals surface area contributed by atoms with Crippen molar-refractivity contribution in [1.82, 2.24) is 4.90 Å². The van der Waals surface area contributed by atoms with Gasteiger partial charge in [-0.15, -0.1) is 0 Å². The molecule has 33 heavy (non-hydrogen) atoms. The predicted octanol–water partition coefficient (Wildman–Crippen LogP) is 6.86. The summed E-state index contributed by atoms with van der Waals surface area (Å²) in [6, 6.07) is 29.1. The SMILES string of the molecule is CCOP(=O)(OCC)[C@@H](C(F)Cc1ccccc1)N(Cc1ccccc1)Cc1ccccc1. The average Bonchev–Trinajstić information content (AvgIpc) is 2.81. The lowest BCUT2D eigenvalue weighted by molar-refractivity contribution is 0.103. The van der Waals surface area contributed by atoms with Gasteiger partial charge < -0.3 is 9.05 Å². The summed E-state index contributed by atoms with van der Waals surface area (Å²) in [6.45, 7) is 4.70. The molecule has 0 radical (unpaired) electrons. The lowest BCUT2D eigenvalue weighted by Crippen LogP contribution is -2.43. The Bertz CT molecular complexity index is 937. The van der Waals surface area contributed by atoms with Gasteiger partial charge in [0.25, 0.3) is 0 Å². The Labute approximate surface area is 196 Å². The quantitative estimate of drug-likeness (QED) is 0.256. The minimum absolute atomic E-state index is 0.121. The Balaban J connectivity index is 2.02. The molecule has 2 atom stereocenters. The highest BCUT2D eigenvalue weighted by atomic mass is 31.2. The van der Waals surface area contributed by atoms with E-state index in [4.69, 9.17) is 9.05 Å².